The predicted molar refractivity (Wildman–Crippen MR) is 122 cm³/mol. The molecule has 0 spiro atoms. The zero-order chi connectivity index (χ0) is 21.6. The maximum atomic E-state index is 13.4. The summed E-state index contributed by atoms with van der Waals surface area (Å²) in [6, 6.07) is 17.5. The Kier molecular flexibility index (Phi) is 6.43. The second kappa shape index (κ2) is 9.57. The Bertz CT molecular complexity index is 1040. The van der Waals surface area contributed by atoms with E-state index in [9.17, 15) is 4.79 Å². The summed E-state index contributed by atoms with van der Waals surface area (Å²) in [6.07, 6.45) is 3.16. The Hall–Kier alpha value is -3.45. The van der Waals surface area contributed by atoms with Gasteiger partial charge in [0.25, 0.3) is 5.91 Å². The molecule has 2 heterocycles. The van der Waals surface area contributed by atoms with E-state index < -0.39 is 0 Å². The zero-order valence-corrected chi connectivity index (χ0v) is 17.6. The predicted octanol–water partition coefficient (Wildman–Crippen LogP) is 3.58. The number of amides is 1. The highest BCUT2D eigenvalue weighted by Gasteiger charge is 2.22. The van der Waals surface area contributed by atoms with Crippen molar-refractivity contribution in [2.75, 3.05) is 29.9 Å². The average Bonchev–Trinajstić information content (AvgIpc) is 3.28. The first kappa shape index (κ1) is 20.8. The van der Waals surface area contributed by atoms with Gasteiger partial charge in [0.1, 0.15) is 11.6 Å². The van der Waals surface area contributed by atoms with Gasteiger partial charge in [-0.3, -0.25) is 9.69 Å². The van der Waals surface area contributed by atoms with E-state index in [1.165, 1.54) is 0 Å². The topological polar surface area (TPSA) is 93.4 Å². The van der Waals surface area contributed by atoms with Crippen molar-refractivity contribution in [2.24, 2.45) is 5.73 Å². The lowest BCUT2D eigenvalue weighted by Crippen LogP contribution is -2.34. The monoisotopic (exact) mass is 417 g/mol. The van der Waals surface area contributed by atoms with E-state index in [1.54, 1.807) is 23.2 Å². The van der Waals surface area contributed by atoms with Gasteiger partial charge in [-0.25, -0.2) is 4.98 Å². The number of hydrogen-bond donors (Lipinski definition) is 2. The number of carbonyl (C=O) groups excluding carboxylic acids is 1. The van der Waals surface area contributed by atoms with Crippen LogP contribution in [0.1, 0.15) is 40.9 Å². The van der Waals surface area contributed by atoms with E-state index in [0.29, 0.717) is 43.4 Å². The van der Waals surface area contributed by atoms with Gasteiger partial charge < -0.3 is 15.8 Å². The van der Waals surface area contributed by atoms with Crippen LogP contribution in [0.15, 0.2) is 60.8 Å². The van der Waals surface area contributed by atoms with E-state index >= 15 is 0 Å². The van der Waals surface area contributed by atoms with Gasteiger partial charge in [0.15, 0.2) is 0 Å². The van der Waals surface area contributed by atoms with Crippen molar-refractivity contribution in [1.29, 1.82) is 0 Å². The third-order valence-corrected chi connectivity index (χ3v) is 5.33. The molecule has 1 amide bonds. The van der Waals surface area contributed by atoms with Crippen LogP contribution in [0, 0.1) is 0 Å². The molecule has 0 fully saturated rings. The molecular formula is C24H27N5O2. The number of aromatic nitrogens is 2. The SMILES string of the molecule is C[C@H](Nc1nccc(N(CCCN)C(=O)c2ccc3c(c2)CCO3)n1)c1ccccc1. The van der Waals surface area contributed by atoms with Gasteiger partial charge in [-0.2, -0.15) is 4.98 Å². The largest absolute Gasteiger partial charge is 0.493 e. The van der Waals surface area contributed by atoms with Crippen molar-refractivity contribution in [3.8, 4) is 5.75 Å². The maximum absolute atomic E-state index is 13.4. The molecule has 7 nitrogen and oxygen atoms in total. The number of benzene rings is 2. The van der Waals surface area contributed by atoms with E-state index in [1.807, 2.05) is 30.3 Å². The first-order valence-electron chi connectivity index (χ1n) is 10.6. The molecule has 4 rings (SSSR count). The lowest BCUT2D eigenvalue weighted by molar-refractivity contribution is 0.0986. The summed E-state index contributed by atoms with van der Waals surface area (Å²) < 4.78 is 5.56. The molecular weight excluding hydrogens is 390 g/mol. The van der Waals surface area contributed by atoms with Crippen LogP contribution in [0.3, 0.4) is 0 Å². The number of nitrogens with two attached hydrogens (primary N) is 1. The highest BCUT2D eigenvalue weighted by atomic mass is 16.5. The van der Waals surface area contributed by atoms with Crippen LogP contribution in [-0.2, 0) is 6.42 Å². The Morgan fingerprint density at radius 2 is 2.06 bits per heavy atom. The van der Waals surface area contributed by atoms with Gasteiger partial charge in [-0.15, -0.1) is 0 Å². The molecule has 0 saturated heterocycles. The van der Waals surface area contributed by atoms with Crippen molar-refractivity contribution >= 4 is 17.7 Å². The summed E-state index contributed by atoms with van der Waals surface area (Å²) in [5.41, 5.74) is 8.54. The van der Waals surface area contributed by atoms with Crippen LogP contribution >= 0.6 is 0 Å². The van der Waals surface area contributed by atoms with Gasteiger partial charge in [0.2, 0.25) is 5.95 Å². The van der Waals surface area contributed by atoms with Crippen molar-refractivity contribution in [3.05, 3.63) is 77.5 Å². The maximum Gasteiger partial charge on any atom is 0.259 e. The standard InChI is InChI=1S/C24H27N5O2/c1-17(18-6-3-2-4-7-18)27-24-26-13-10-22(28-24)29(14-5-12-25)23(30)20-8-9-21-19(16-20)11-15-31-21/h2-4,6-10,13,16-17H,5,11-12,14-15,25H2,1H3,(H,26,27,28)/t17-/m0/s1. The minimum Gasteiger partial charge on any atom is -0.493 e. The first-order valence-corrected chi connectivity index (χ1v) is 10.6. The number of nitrogens with zero attached hydrogens (tertiary/aromatic N) is 3. The zero-order valence-electron chi connectivity index (χ0n) is 17.6. The van der Waals surface area contributed by atoms with Crippen LogP contribution in [0.5, 0.6) is 5.75 Å². The van der Waals surface area contributed by atoms with Crippen molar-refractivity contribution in [3.63, 3.8) is 0 Å². The van der Waals surface area contributed by atoms with E-state index in [-0.39, 0.29) is 11.9 Å². The second-order valence-corrected chi connectivity index (χ2v) is 7.54. The Balaban J connectivity index is 1.57. The Morgan fingerprint density at radius 1 is 1.23 bits per heavy atom. The molecule has 0 bridgehead atoms. The van der Waals surface area contributed by atoms with E-state index in [0.717, 1.165) is 23.3 Å². The molecule has 3 N–H and O–H groups in total. The van der Waals surface area contributed by atoms with E-state index in [4.69, 9.17) is 10.5 Å². The van der Waals surface area contributed by atoms with Crippen molar-refractivity contribution < 1.29 is 9.53 Å². The third kappa shape index (κ3) is 4.83. The first-order chi connectivity index (χ1) is 15.2. The molecule has 7 heteroatoms. The lowest BCUT2D eigenvalue weighted by Gasteiger charge is -2.23. The number of ether oxygens (including phenoxy) is 1. The highest BCUT2D eigenvalue weighted by molar-refractivity contribution is 6.05. The quantitative estimate of drug-likeness (QED) is 0.582. The average molecular weight is 418 g/mol. The molecule has 31 heavy (non-hydrogen) atoms. The second-order valence-electron chi connectivity index (χ2n) is 7.54. The van der Waals surface area contributed by atoms with Crippen LogP contribution in [0.4, 0.5) is 11.8 Å². The smallest absolute Gasteiger partial charge is 0.259 e. The normalized spacial score (nSPS) is 13.2. The number of carbonyl (C=O) groups is 1. The number of anilines is 2. The van der Waals surface area contributed by atoms with Gasteiger partial charge in [-0.05, 0) is 55.3 Å². The molecule has 0 radical (unpaired) electrons. The van der Waals surface area contributed by atoms with Crippen LogP contribution in [-0.4, -0.2) is 35.6 Å². The highest BCUT2D eigenvalue weighted by Crippen LogP contribution is 2.27. The lowest BCUT2D eigenvalue weighted by atomic mass is 10.1. The summed E-state index contributed by atoms with van der Waals surface area (Å²) in [6.45, 7) is 3.68. The number of fused-ring (bicyclic) bond motifs is 1. The number of nitrogens with one attached hydrogen (secondary N) is 1. The summed E-state index contributed by atoms with van der Waals surface area (Å²) >= 11 is 0. The van der Waals surface area contributed by atoms with Crippen molar-refractivity contribution in [2.45, 2.75) is 25.8 Å². The molecule has 1 aliphatic rings. The molecule has 0 unspecified atom stereocenters. The van der Waals surface area contributed by atoms with Gasteiger partial charge in [0.05, 0.1) is 12.6 Å². The fourth-order valence-electron chi connectivity index (χ4n) is 3.63. The van der Waals surface area contributed by atoms with Gasteiger partial charge >= 0.3 is 0 Å². The summed E-state index contributed by atoms with van der Waals surface area (Å²) in [7, 11) is 0. The summed E-state index contributed by atoms with van der Waals surface area (Å²) in [4.78, 5) is 24.0. The minimum atomic E-state index is -0.107. The molecule has 2 aromatic carbocycles. The van der Waals surface area contributed by atoms with Crippen LogP contribution in [0.25, 0.3) is 0 Å². The number of rotatable bonds is 8. The summed E-state index contributed by atoms with van der Waals surface area (Å²) in [5, 5.41) is 3.32. The molecule has 160 valence electrons. The van der Waals surface area contributed by atoms with Gasteiger partial charge in [0, 0.05) is 24.7 Å². The molecule has 1 aromatic heterocycles. The molecule has 0 saturated carbocycles. The molecule has 3 aromatic rings. The van der Waals surface area contributed by atoms with Crippen molar-refractivity contribution in [1.82, 2.24) is 9.97 Å². The van der Waals surface area contributed by atoms with Gasteiger partial charge in [-0.1, -0.05) is 30.3 Å². The third-order valence-electron chi connectivity index (χ3n) is 5.33. The summed E-state index contributed by atoms with van der Waals surface area (Å²) in [5.74, 6) is 1.77. The van der Waals surface area contributed by atoms with Crippen LogP contribution < -0.4 is 20.7 Å². The fraction of sp³-hybridized carbons (Fsp3) is 0.292. The Morgan fingerprint density at radius 3 is 2.87 bits per heavy atom. The molecule has 0 aliphatic carbocycles. The van der Waals surface area contributed by atoms with E-state index in [2.05, 4.69) is 34.3 Å². The molecule has 1 aliphatic heterocycles. The fourth-order valence-corrected chi connectivity index (χ4v) is 3.63. The molecule has 1 atom stereocenters. The van der Waals surface area contributed by atoms with Crippen LogP contribution in [0.2, 0.25) is 0 Å². The number of hydrogen-bond acceptors (Lipinski definition) is 6. The Labute approximate surface area is 182 Å². The minimum absolute atomic E-state index is 0.0290.